The Bertz CT molecular complexity index is 1220. The van der Waals surface area contributed by atoms with Crippen LogP contribution >= 0.6 is 11.6 Å². The normalized spacial score (nSPS) is 10.7. The van der Waals surface area contributed by atoms with Gasteiger partial charge >= 0.3 is 0 Å². The van der Waals surface area contributed by atoms with E-state index in [4.69, 9.17) is 11.6 Å². The van der Waals surface area contributed by atoms with Crippen LogP contribution in [0.3, 0.4) is 0 Å². The van der Waals surface area contributed by atoms with Crippen LogP contribution in [0.4, 0.5) is 5.69 Å². The van der Waals surface area contributed by atoms with Crippen molar-refractivity contribution in [2.75, 3.05) is 12.4 Å². The molecule has 2 N–H and O–H groups in total. The van der Waals surface area contributed by atoms with E-state index in [1.54, 1.807) is 22.8 Å². The lowest BCUT2D eigenvalue weighted by Crippen LogP contribution is -2.19. The number of nitrogens with one attached hydrogen (secondary N) is 2. The quantitative estimate of drug-likeness (QED) is 0.542. The van der Waals surface area contributed by atoms with Crippen LogP contribution in [-0.2, 0) is 0 Å². The Morgan fingerprint density at radius 3 is 2.55 bits per heavy atom. The summed E-state index contributed by atoms with van der Waals surface area (Å²) in [6.45, 7) is 0. The third-order valence-electron chi connectivity index (χ3n) is 4.41. The summed E-state index contributed by atoms with van der Waals surface area (Å²) in [4.78, 5) is 29.1. The van der Waals surface area contributed by atoms with Gasteiger partial charge in [0.1, 0.15) is 5.56 Å². The van der Waals surface area contributed by atoms with Crippen LogP contribution in [0.15, 0.2) is 67.0 Å². The highest BCUT2D eigenvalue weighted by Gasteiger charge is 2.17. The van der Waals surface area contributed by atoms with Crippen molar-refractivity contribution in [1.82, 2.24) is 19.9 Å². The molecule has 0 atom stereocenters. The van der Waals surface area contributed by atoms with Crippen LogP contribution in [0.5, 0.6) is 0 Å². The van der Waals surface area contributed by atoms with Gasteiger partial charge in [-0.15, -0.1) is 0 Å². The van der Waals surface area contributed by atoms with Gasteiger partial charge in [0, 0.05) is 24.5 Å². The summed E-state index contributed by atoms with van der Waals surface area (Å²) in [6, 6.07) is 16.3. The largest absolute Gasteiger partial charge is 0.355 e. The minimum atomic E-state index is -0.386. The second-order valence-corrected chi connectivity index (χ2v) is 6.62. The lowest BCUT2D eigenvalue weighted by Gasteiger charge is -2.08. The average Bonchev–Trinajstić information content (AvgIpc) is 3.19. The van der Waals surface area contributed by atoms with Gasteiger partial charge in [0.25, 0.3) is 11.8 Å². The summed E-state index contributed by atoms with van der Waals surface area (Å²) in [7, 11) is 1.51. The maximum absolute atomic E-state index is 12.8. The topological polar surface area (TPSA) is 88.4 Å². The molecule has 0 bridgehead atoms. The summed E-state index contributed by atoms with van der Waals surface area (Å²) < 4.78 is 1.63. The fraction of sp³-hybridized carbons (Fsp3) is 0.0476. The van der Waals surface area contributed by atoms with E-state index in [9.17, 15) is 9.59 Å². The van der Waals surface area contributed by atoms with Crippen LogP contribution in [0.2, 0.25) is 5.02 Å². The second kappa shape index (κ2) is 7.73. The number of benzene rings is 2. The molecule has 0 radical (unpaired) electrons. The van der Waals surface area contributed by atoms with Gasteiger partial charge in [0.15, 0.2) is 5.65 Å². The summed E-state index contributed by atoms with van der Waals surface area (Å²) in [5.74, 6) is -0.723. The number of amides is 2. The Hall–Kier alpha value is -3.71. The van der Waals surface area contributed by atoms with Crippen molar-refractivity contribution in [2.45, 2.75) is 0 Å². The molecule has 29 heavy (non-hydrogen) atoms. The van der Waals surface area contributed by atoms with E-state index in [1.165, 1.54) is 19.3 Å². The van der Waals surface area contributed by atoms with Crippen LogP contribution in [-0.4, -0.2) is 33.5 Å². The Morgan fingerprint density at radius 2 is 1.79 bits per heavy atom. The molecule has 0 aliphatic heterocycles. The lowest BCUT2D eigenvalue weighted by atomic mass is 10.1. The fourth-order valence-electron chi connectivity index (χ4n) is 2.99. The lowest BCUT2D eigenvalue weighted by molar-refractivity contribution is 0.0961. The van der Waals surface area contributed by atoms with Gasteiger partial charge in [-0.3, -0.25) is 9.59 Å². The highest BCUT2D eigenvalue weighted by molar-refractivity contribution is 6.34. The predicted molar refractivity (Wildman–Crippen MR) is 111 cm³/mol. The SMILES string of the molecule is CNC(=O)c1cc(NC(=O)c2cnn3c(-c4ccccc4)ccnc23)ccc1Cl. The summed E-state index contributed by atoms with van der Waals surface area (Å²) in [6.07, 6.45) is 3.11. The van der Waals surface area contributed by atoms with Gasteiger partial charge in [-0.25, -0.2) is 9.50 Å². The fourth-order valence-corrected chi connectivity index (χ4v) is 3.19. The molecule has 0 spiro atoms. The maximum Gasteiger partial charge on any atom is 0.261 e. The first-order valence-corrected chi connectivity index (χ1v) is 9.17. The Morgan fingerprint density at radius 1 is 1.00 bits per heavy atom. The molecule has 0 fully saturated rings. The van der Waals surface area contributed by atoms with E-state index in [0.29, 0.717) is 21.9 Å². The number of hydrogen-bond acceptors (Lipinski definition) is 4. The molecule has 0 saturated carbocycles. The zero-order valence-corrected chi connectivity index (χ0v) is 16.1. The molecular weight excluding hydrogens is 390 g/mol. The number of nitrogens with zero attached hydrogens (tertiary/aromatic N) is 3. The Kier molecular flexibility index (Phi) is 4.97. The summed E-state index contributed by atoms with van der Waals surface area (Å²) >= 11 is 6.06. The van der Waals surface area contributed by atoms with Gasteiger partial charge in [-0.05, 0) is 24.3 Å². The predicted octanol–water partition coefficient (Wildman–Crippen LogP) is 3.66. The highest BCUT2D eigenvalue weighted by Crippen LogP contribution is 2.23. The molecule has 2 heterocycles. The highest BCUT2D eigenvalue weighted by atomic mass is 35.5. The standard InChI is InChI=1S/C21H16ClN5O2/c1-23-20(28)15-11-14(7-8-17(15)22)26-21(29)16-12-25-27-18(9-10-24-19(16)27)13-5-3-2-4-6-13/h2-12H,1H3,(H,23,28)(H,26,29). The van der Waals surface area contributed by atoms with Crippen molar-refractivity contribution in [3.8, 4) is 11.3 Å². The molecule has 0 saturated heterocycles. The van der Waals surface area contributed by atoms with E-state index in [0.717, 1.165) is 11.3 Å². The minimum absolute atomic E-state index is 0.274. The van der Waals surface area contributed by atoms with Gasteiger partial charge < -0.3 is 10.6 Å². The first-order chi connectivity index (χ1) is 14.1. The number of halogens is 1. The number of hydrogen-bond donors (Lipinski definition) is 2. The molecular formula is C21H16ClN5O2. The first kappa shape index (κ1) is 18.6. The zero-order chi connectivity index (χ0) is 20.4. The van der Waals surface area contributed by atoms with E-state index in [2.05, 4.69) is 20.7 Å². The van der Waals surface area contributed by atoms with Crippen molar-refractivity contribution in [2.24, 2.45) is 0 Å². The van der Waals surface area contributed by atoms with Crippen molar-refractivity contribution in [3.63, 3.8) is 0 Å². The molecule has 7 nitrogen and oxygen atoms in total. The van der Waals surface area contributed by atoms with Crippen LogP contribution in [0, 0.1) is 0 Å². The molecule has 2 amide bonds. The van der Waals surface area contributed by atoms with Crippen molar-refractivity contribution < 1.29 is 9.59 Å². The number of carbonyl (C=O) groups is 2. The van der Waals surface area contributed by atoms with E-state index >= 15 is 0 Å². The van der Waals surface area contributed by atoms with E-state index < -0.39 is 0 Å². The molecule has 144 valence electrons. The molecule has 0 aliphatic carbocycles. The first-order valence-electron chi connectivity index (χ1n) is 8.79. The third-order valence-corrected chi connectivity index (χ3v) is 4.74. The van der Waals surface area contributed by atoms with Crippen LogP contribution in [0.1, 0.15) is 20.7 Å². The van der Waals surface area contributed by atoms with E-state index in [-0.39, 0.29) is 17.4 Å². The maximum atomic E-state index is 12.8. The molecule has 0 unspecified atom stereocenters. The second-order valence-electron chi connectivity index (χ2n) is 6.22. The van der Waals surface area contributed by atoms with Gasteiger partial charge in [-0.2, -0.15) is 5.10 Å². The minimum Gasteiger partial charge on any atom is -0.355 e. The van der Waals surface area contributed by atoms with Crippen LogP contribution < -0.4 is 10.6 Å². The smallest absolute Gasteiger partial charge is 0.261 e. The molecule has 8 heteroatoms. The third kappa shape index (κ3) is 3.55. The van der Waals surface area contributed by atoms with Crippen molar-refractivity contribution in [3.05, 3.63) is 83.1 Å². The Labute approximate surface area is 171 Å². The number of aromatic nitrogens is 3. The average molecular weight is 406 g/mol. The van der Waals surface area contributed by atoms with Gasteiger partial charge in [0.2, 0.25) is 0 Å². The van der Waals surface area contributed by atoms with Crippen molar-refractivity contribution >= 4 is 34.7 Å². The zero-order valence-electron chi connectivity index (χ0n) is 15.4. The molecule has 2 aromatic carbocycles. The number of carbonyl (C=O) groups excluding carboxylic acids is 2. The Balaban J connectivity index is 1.68. The summed E-state index contributed by atoms with van der Waals surface area (Å²) in [5, 5.41) is 9.93. The number of anilines is 1. The van der Waals surface area contributed by atoms with Crippen LogP contribution in [0.25, 0.3) is 16.9 Å². The molecule has 0 aliphatic rings. The monoisotopic (exact) mass is 405 g/mol. The van der Waals surface area contributed by atoms with Gasteiger partial charge in [-0.1, -0.05) is 41.9 Å². The summed E-state index contributed by atoms with van der Waals surface area (Å²) in [5.41, 5.74) is 3.25. The van der Waals surface area contributed by atoms with Gasteiger partial charge in [0.05, 0.1) is 22.5 Å². The van der Waals surface area contributed by atoms with E-state index in [1.807, 2.05) is 36.4 Å². The molecule has 4 aromatic rings. The van der Waals surface area contributed by atoms with Crippen molar-refractivity contribution in [1.29, 1.82) is 0 Å². The molecule has 2 aromatic heterocycles. The number of fused-ring (bicyclic) bond motifs is 1. The molecule has 4 rings (SSSR count). The number of rotatable bonds is 4.